The Hall–Kier alpha value is -0.420. The lowest BCUT2D eigenvalue weighted by Gasteiger charge is -2.40. The van der Waals surface area contributed by atoms with Crippen LogP contribution in [0.15, 0.2) is 12.7 Å². The predicted molar refractivity (Wildman–Crippen MR) is 49.6 cm³/mol. The number of hydrogen-bond acceptors (Lipinski definition) is 3. The van der Waals surface area contributed by atoms with Gasteiger partial charge in [-0.1, -0.05) is 6.58 Å². The van der Waals surface area contributed by atoms with Crippen LogP contribution in [0.3, 0.4) is 0 Å². The fourth-order valence-electron chi connectivity index (χ4n) is 1.10. The topological polar surface area (TPSA) is 57.5 Å². The SMILES string of the molecule is C=CC[N+](C)(CCC=O)C(C)(O)O.[Cl-]. The van der Waals surface area contributed by atoms with E-state index < -0.39 is 5.91 Å². The number of quaternary nitrogens is 1. The summed E-state index contributed by atoms with van der Waals surface area (Å²) in [5.41, 5.74) is 0. The second kappa shape index (κ2) is 6.14. The van der Waals surface area contributed by atoms with Crippen molar-refractivity contribution in [3.8, 4) is 0 Å². The monoisotopic (exact) mass is 223 g/mol. The molecule has 0 saturated heterocycles. The minimum atomic E-state index is -1.84. The first kappa shape index (κ1) is 16.0. The zero-order valence-electron chi connectivity index (χ0n) is 8.61. The summed E-state index contributed by atoms with van der Waals surface area (Å²) in [6.07, 6.45) is 2.68. The molecule has 2 N–H and O–H groups in total. The Bertz CT molecular complexity index is 191. The minimum Gasteiger partial charge on any atom is -1.00 e. The molecule has 0 radical (unpaired) electrons. The van der Waals surface area contributed by atoms with Crippen molar-refractivity contribution >= 4 is 6.29 Å². The molecule has 0 aliphatic carbocycles. The van der Waals surface area contributed by atoms with E-state index in [4.69, 9.17) is 0 Å². The van der Waals surface area contributed by atoms with Gasteiger partial charge in [0.2, 0.25) is 0 Å². The first-order chi connectivity index (χ1) is 5.87. The van der Waals surface area contributed by atoms with Crippen molar-refractivity contribution in [3.05, 3.63) is 12.7 Å². The van der Waals surface area contributed by atoms with Gasteiger partial charge in [0.25, 0.3) is 0 Å². The van der Waals surface area contributed by atoms with Crippen molar-refractivity contribution in [1.82, 2.24) is 0 Å². The van der Waals surface area contributed by atoms with Crippen molar-refractivity contribution in [2.24, 2.45) is 0 Å². The van der Waals surface area contributed by atoms with Crippen LogP contribution >= 0.6 is 0 Å². The fraction of sp³-hybridized carbons (Fsp3) is 0.667. The molecule has 0 heterocycles. The normalized spacial score (nSPS) is 15.1. The number of carbonyl (C=O) groups is 1. The lowest BCUT2D eigenvalue weighted by Crippen LogP contribution is -3.00. The largest absolute Gasteiger partial charge is 1.00 e. The third kappa shape index (κ3) is 4.19. The molecule has 0 aromatic heterocycles. The van der Waals surface area contributed by atoms with Gasteiger partial charge in [0.15, 0.2) is 0 Å². The molecule has 0 aliphatic heterocycles. The summed E-state index contributed by atoms with van der Waals surface area (Å²) in [4.78, 5) is 10.2. The lowest BCUT2D eigenvalue weighted by molar-refractivity contribution is -1.00. The zero-order chi connectivity index (χ0) is 10.5. The van der Waals surface area contributed by atoms with E-state index in [1.807, 2.05) is 0 Å². The summed E-state index contributed by atoms with van der Waals surface area (Å²) in [6.45, 7) is 5.65. The van der Waals surface area contributed by atoms with Crippen molar-refractivity contribution in [3.63, 3.8) is 0 Å². The summed E-state index contributed by atoms with van der Waals surface area (Å²) in [7, 11) is 1.67. The molecule has 0 spiro atoms. The van der Waals surface area contributed by atoms with Gasteiger partial charge in [0.05, 0.1) is 20.0 Å². The summed E-state index contributed by atoms with van der Waals surface area (Å²) in [5, 5.41) is 18.9. The maximum atomic E-state index is 10.2. The molecular formula is C9H18ClNO3. The molecule has 4 nitrogen and oxygen atoms in total. The molecule has 1 unspecified atom stereocenters. The molecule has 0 aliphatic rings. The summed E-state index contributed by atoms with van der Waals surface area (Å²) in [5.74, 6) is -1.84. The molecule has 0 amide bonds. The van der Waals surface area contributed by atoms with Crippen LogP contribution in [0.25, 0.3) is 0 Å². The van der Waals surface area contributed by atoms with E-state index in [2.05, 4.69) is 6.58 Å². The van der Waals surface area contributed by atoms with Crippen LogP contribution in [0.2, 0.25) is 0 Å². The third-order valence-corrected chi connectivity index (χ3v) is 2.30. The quantitative estimate of drug-likeness (QED) is 0.217. The maximum absolute atomic E-state index is 10.2. The third-order valence-electron chi connectivity index (χ3n) is 2.30. The standard InChI is InChI=1S/C9H18NO3.ClH/c1-4-6-10(3,7-5-8-11)9(2,12)13;/h4,8,12-13H,1,5-7H2,2-3H3;1H/q+1;/p-1. The molecule has 14 heavy (non-hydrogen) atoms. The average Bonchev–Trinajstić information content (AvgIpc) is 1.99. The van der Waals surface area contributed by atoms with Gasteiger partial charge in [-0.05, 0) is 6.08 Å². The van der Waals surface area contributed by atoms with Crippen molar-refractivity contribution < 1.29 is 31.9 Å². The summed E-state index contributed by atoms with van der Waals surface area (Å²) >= 11 is 0. The highest BCUT2D eigenvalue weighted by Gasteiger charge is 2.39. The number of likely N-dealkylation sites (N-methyl/N-ethyl adjacent to an activating group) is 1. The number of nitrogens with zero attached hydrogens (tertiary/aromatic N) is 1. The molecule has 0 fully saturated rings. The zero-order valence-corrected chi connectivity index (χ0v) is 9.37. The summed E-state index contributed by atoms with van der Waals surface area (Å²) in [6, 6.07) is 0. The summed E-state index contributed by atoms with van der Waals surface area (Å²) < 4.78 is -0.0186. The first-order valence-electron chi connectivity index (χ1n) is 4.21. The fourth-order valence-corrected chi connectivity index (χ4v) is 1.10. The lowest BCUT2D eigenvalue weighted by atomic mass is 10.2. The van der Waals surface area contributed by atoms with E-state index >= 15 is 0 Å². The van der Waals surface area contributed by atoms with Gasteiger partial charge < -0.3 is 27.4 Å². The van der Waals surface area contributed by atoms with E-state index in [0.717, 1.165) is 6.29 Å². The molecule has 5 heteroatoms. The second-order valence-electron chi connectivity index (χ2n) is 3.52. The van der Waals surface area contributed by atoms with Gasteiger partial charge >= 0.3 is 5.91 Å². The van der Waals surface area contributed by atoms with E-state index in [9.17, 15) is 15.0 Å². The van der Waals surface area contributed by atoms with Gasteiger partial charge in [-0.3, -0.25) is 4.48 Å². The van der Waals surface area contributed by atoms with E-state index in [-0.39, 0.29) is 16.9 Å². The number of hydrogen-bond donors (Lipinski definition) is 2. The number of halogens is 1. The van der Waals surface area contributed by atoms with E-state index in [0.29, 0.717) is 19.5 Å². The molecule has 1 atom stereocenters. The number of carbonyl (C=O) groups excluding carboxylic acids is 1. The van der Waals surface area contributed by atoms with Crippen molar-refractivity contribution in [1.29, 1.82) is 0 Å². The Morgan fingerprint density at radius 3 is 2.29 bits per heavy atom. The van der Waals surface area contributed by atoms with Crippen LogP contribution in [-0.4, -0.2) is 47.0 Å². The van der Waals surface area contributed by atoms with Crippen LogP contribution in [0.5, 0.6) is 0 Å². The van der Waals surface area contributed by atoms with Crippen LogP contribution in [0, 0.1) is 0 Å². The Morgan fingerprint density at radius 2 is 2.00 bits per heavy atom. The van der Waals surface area contributed by atoms with Gasteiger partial charge in [0, 0.05) is 6.92 Å². The maximum Gasteiger partial charge on any atom is 0.311 e. The Balaban J connectivity index is 0. The van der Waals surface area contributed by atoms with Crippen LogP contribution in [0.1, 0.15) is 13.3 Å². The molecule has 0 aromatic carbocycles. The number of aliphatic hydroxyl groups is 2. The van der Waals surface area contributed by atoms with E-state index in [1.54, 1.807) is 13.1 Å². The number of rotatable bonds is 6. The van der Waals surface area contributed by atoms with Crippen molar-refractivity contribution in [2.45, 2.75) is 19.3 Å². The van der Waals surface area contributed by atoms with Crippen LogP contribution < -0.4 is 12.4 Å². The highest BCUT2D eigenvalue weighted by atomic mass is 35.5. The number of aldehydes is 1. The Labute approximate surface area is 90.8 Å². The highest BCUT2D eigenvalue weighted by Crippen LogP contribution is 2.17. The minimum absolute atomic E-state index is 0. The van der Waals surface area contributed by atoms with Crippen molar-refractivity contribution in [2.75, 3.05) is 20.1 Å². The Morgan fingerprint density at radius 1 is 1.50 bits per heavy atom. The molecule has 0 aromatic rings. The molecule has 0 saturated carbocycles. The second-order valence-corrected chi connectivity index (χ2v) is 3.52. The highest BCUT2D eigenvalue weighted by molar-refractivity contribution is 5.49. The van der Waals surface area contributed by atoms with Gasteiger partial charge in [0.1, 0.15) is 12.8 Å². The average molecular weight is 224 g/mol. The Kier molecular flexibility index (Phi) is 7.02. The molecule has 84 valence electrons. The van der Waals surface area contributed by atoms with Crippen LogP contribution in [0.4, 0.5) is 0 Å². The van der Waals surface area contributed by atoms with Gasteiger partial charge in [-0.15, -0.1) is 0 Å². The molecule has 0 rings (SSSR count). The first-order valence-corrected chi connectivity index (χ1v) is 4.21. The smallest absolute Gasteiger partial charge is 0.311 e. The van der Waals surface area contributed by atoms with Gasteiger partial charge in [-0.25, -0.2) is 0 Å². The molecule has 0 bridgehead atoms. The van der Waals surface area contributed by atoms with Gasteiger partial charge in [-0.2, -0.15) is 0 Å². The molecular weight excluding hydrogens is 206 g/mol. The van der Waals surface area contributed by atoms with Crippen LogP contribution in [-0.2, 0) is 4.79 Å². The van der Waals surface area contributed by atoms with E-state index in [1.165, 1.54) is 6.92 Å². The predicted octanol–water partition coefficient (Wildman–Crippen LogP) is -3.13.